The van der Waals surface area contributed by atoms with E-state index in [1.165, 1.54) is 0 Å². The summed E-state index contributed by atoms with van der Waals surface area (Å²) in [4.78, 5) is 25.8. The number of benzene rings is 1. The van der Waals surface area contributed by atoms with E-state index in [1.807, 2.05) is 12.1 Å². The third kappa shape index (κ3) is 2.27. The van der Waals surface area contributed by atoms with Crippen molar-refractivity contribution in [1.82, 2.24) is 10.2 Å². The maximum Gasteiger partial charge on any atom is 0.242 e. The van der Waals surface area contributed by atoms with Crippen molar-refractivity contribution in [2.45, 2.75) is 30.3 Å². The molecule has 0 aromatic heterocycles. The molecule has 1 aliphatic carbocycles. The molecule has 0 radical (unpaired) electrons. The average Bonchev–Trinajstić information content (AvgIpc) is 3.24. The van der Waals surface area contributed by atoms with Crippen molar-refractivity contribution in [3.8, 4) is 0 Å². The number of nitrogens with one attached hydrogen (secondary N) is 1. The number of hydrogen-bond donors (Lipinski definition) is 1. The smallest absolute Gasteiger partial charge is 0.242 e. The van der Waals surface area contributed by atoms with Gasteiger partial charge < -0.3 is 10.2 Å². The molecule has 1 spiro atoms. The lowest BCUT2D eigenvalue weighted by Crippen LogP contribution is -2.47. The maximum atomic E-state index is 12.3. The molecule has 3 rings (SSSR count). The van der Waals surface area contributed by atoms with Gasteiger partial charge in [0.2, 0.25) is 11.8 Å². The number of alkyl halides is 1. The van der Waals surface area contributed by atoms with Crippen LogP contribution in [0.1, 0.15) is 18.4 Å². The first-order valence-electron chi connectivity index (χ1n) is 6.50. The van der Waals surface area contributed by atoms with Gasteiger partial charge in [-0.25, -0.2) is 0 Å². The Kier molecular flexibility index (Phi) is 3.38. The molecule has 1 heterocycles. The van der Waals surface area contributed by atoms with Crippen LogP contribution in [0.3, 0.4) is 0 Å². The highest BCUT2D eigenvalue weighted by molar-refractivity contribution is 6.32. The van der Waals surface area contributed by atoms with Crippen molar-refractivity contribution in [2.75, 3.05) is 6.54 Å². The van der Waals surface area contributed by atoms with Gasteiger partial charge in [-0.1, -0.05) is 23.7 Å². The second-order valence-electron chi connectivity index (χ2n) is 5.29. The van der Waals surface area contributed by atoms with Crippen molar-refractivity contribution < 1.29 is 9.59 Å². The molecule has 1 N–H and O–H groups in total. The van der Waals surface area contributed by atoms with Crippen molar-refractivity contribution >= 4 is 35.0 Å². The van der Waals surface area contributed by atoms with Gasteiger partial charge in [0, 0.05) is 11.6 Å². The molecule has 106 valence electrons. The van der Waals surface area contributed by atoms with Crippen molar-refractivity contribution in [1.29, 1.82) is 0 Å². The fourth-order valence-electron chi connectivity index (χ4n) is 2.65. The van der Waals surface area contributed by atoms with Crippen LogP contribution in [0.5, 0.6) is 0 Å². The summed E-state index contributed by atoms with van der Waals surface area (Å²) >= 11 is 12.1. The molecule has 2 aliphatic rings. The number of nitrogens with zero attached hydrogens (tertiary/aromatic N) is 1. The van der Waals surface area contributed by atoms with Crippen LogP contribution < -0.4 is 5.32 Å². The number of hydrogen-bond acceptors (Lipinski definition) is 2. The maximum absolute atomic E-state index is 12.3. The van der Waals surface area contributed by atoms with E-state index < -0.39 is 10.9 Å². The van der Waals surface area contributed by atoms with Crippen molar-refractivity contribution in [2.24, 2.45) is 0 Å². The van der Waals surface area contributed by atoms with Gasteiger partial charge in [-0.05, 0) is 30.5 Å². The van der Waals surface area contributed by atoms with E-state index in [4.69, 9.17) is 23.2 Å². The second-order valence-corrected chi connectivity index (χ2v) is 6.16. The zero-order valence-electron chi connectivity index (χ0n) is 10.7. The largest absolute Gasteiger partial charge is 0.346 e. The van der Waals surface area contributed by atoms with E-state index in [0.29, 0.717) is 11.6 Å². The fraction of sp³-hybridized carbons (Fsp3) is 0.429. The van der Waals surface area contributed by atoms with Crippen LogP contribution in [-0.2, 0) is 16.1 Å². The van der Waals surface area contributed by atoms with Crippen LogP contribution in [0.25, 0.3) is 0 Å². The Bertz CT molecular complexity index is 555. The molecule has 2 fully saturated rings. The van der Waals surface area contributed by atoms with Crippen LogP contribution in [0, 0.1) is 0 Å². The highest BCUT2D eigenvalue weighted by atomic mass is 35.5. The summed E-state index contributed by atoms with van der Waals surface area (Å²) in [5, 5.41) is 2.56. The van der Waals surface area contributed by atoms with Crippen LogP contribution >= 0.6 is 23.2 Å². The van der Waals surface area contributed by atoms with E-state index in [-0.39, 0.29) is 18.4 Å². The van der Waals surface area contributed by atoms with Crippen LogP contribution in [0.2, 0.25) is 5.02 Å². The van der Waals surface area contributed by atoms with Gasteiger partial charge >= 0.3 is 0 Å². The third-order valence-corrected chi connectivity index (χ3v) is 4.83. The van der Waals surface area contributed by atoms with Gasteiger partial charge in [0.05, 0.1) is 12.1 Å². The zero-order chi connectivity index (χ0) is 14.3. The Balaban J connectivity index is 1.88. The standard InChI is InChI=1S/C14H14Cl2N2O2/c15-10-3-1-9(2-4-10)8-18-11(19)7-17-13(20)12(16)14(18)5-6-14/h1-4,12H,5-8H2,(H,17,20). The Labute approximate surface area is 127 Å². The number of carbonyl (C=O) groups is 2. The summed E-state index contributed by atoms with van der Waals surface area (Å²) in [7, 11) is 0. The first-order chi connectivity index (χ1) is 9.53. The lowest BCUT2D eigenvalue weighted by Gasteiger charge is -2.31. The first-order valence-corrected chi connectivity index (χ1v) is 7.31. The topological polar surface area (TPSA) is 49.4 Å². The lowest BCUT2D eigenvalue weighted by atomic mass is 10.1. The fourth-order valence-corrected chi connectivity index (χ4v) is 3.19. The second kappa shape index (κ2) is 4.93. The van der Waals surface area contributed by atoms with E-state index in [2.05, 4.69) is 5.32 Å². The summed E-state index contributed by atoms with van der Waals surface area (Å²) < 4.78 is 0. The average molecular weight is 313 g/mol. The molecule has 0 bridgehead atoms. The molecular formula is C14H14Cl2N2O2. The monoisotopic (exact) mass is 312 g/mol. The minimum atomic E-state index is -0.679. The first kappa shape index (κ1) is 13.7. The number of amides is 2. The molecule has 1 unspecified atom stereocenters. The molecule has 20 heavy (non-hydrogen) atoms. The number of halogens is 2. The Morgan fingerprint density at radius 3 is 2.50 bits per heavy atom. The van der Waals surface area contributed by atoms with E-state index in [0.717, 1.165) is 18.4 Å². The van der Waals surface area contributed by atoms with Gasteiger partial charge in [-0.15, -0.1) is 11.6 Å². The Hall–Kier alpha value is -1.26. The molecule has 1 aliphatic heterocycles. The normalized spacial score (nSPS) is 24.5. The van der Waals surface area contributed by atoms with E-state index in [9.17, 15) is 9.59 Å². The molecule has 1 atom stereocenters. The number of rotatable bonds is 2. The van der Waals surface area contributed by atoms with Crippen molar-refractivity contribution in [3.05, 3.63) is 34.9 Å². The minimum absolute atomic E-state index is 0.0113. The lowest BCUT2D eigenvalue weighted by molar-refractivity contribution is -0.133. The molecule has 6 heteroatoms. The van der Waals surface area contributed by atoms with Gasteiger partial charge in [-0.3, -0.25) is 9.59 Å². The van der Waals surface area contributed by atoms with Crippen LogP contribution in [0.15, 0.2) is 24.3 Å². The van der Waals surface area contributed by atoms with Gasteiger partial charge in [0.25, 0.3) is 0 Å². The summed E-state index contributed by atoms with van der Waals surface area (Å²) in [6.45, 7) is 0.464. The SMILES string of the molecule is O=C1NCC(=O)N(Cc2ccc(Cl)cc2)C2(CC2)C1Cl. The van der Waals surface area contributed by atoms with Crippen LogP contribution in [0.4, 0.5) is 0 Å². The van der Waals surface area contributed by atoms with Crippen molar-refractivity contribution in [3.63, 3.8) is 0 Å². The molecule has 4 nitrogen and oxygen atoms in total. The highest BCUT2D eigenvalue weighted by Gasteiger charge is 2.58. The minimum Gasteiger partial charge on any atom is -0.346 e. The predicted octanol–water partition coefficient (Wildman–Crippen LogP) is 1.94. The van der Waals surface area contributed by atoms with E-state index >= 15 is 0 Å². The van der Waals surface area contributed by atoms with Gasteiger partial charge in [-0.2, -0.15) is 0 Å². The molecule has 1 aromatic rings. The highest BCUT2D eigenvalue weighted by Crippen LogP contribution is 2.48. The molecule has 2 amide bonds. The van der Waals surface area contributed by atoms with Crippen LogP contribution in [-0.4, -0.2) is 34.2 Å². The number of carbonyl (C=O) groups excluding carboxylic acids is 2. The Morgan fingerprint density at radius 1 is 1.25 bits per heavy atom. The van der Waals surface area contributed by atoms with Gasteiger partial charge in [0.15, 0.2) is 0 Å². The summed E-state index contributed by atoms with van der Waals surface area (Å²) in [6.07, 6.45) is 1.54. The van der Waals surface area contributed by atoms with E-state index in [1.54, 1.807) is 17.0 Å². The summed E-state index contributed by atoms with van der Waals surface area (Å²) in [6, 6.07) is 7.35. The predicted molar refractivity (Wildman–Crippen MR) is 76.6 cm³/mol. The molecule has 1 aromatic carbocycles. The Morgan fingerprint density at radius 2 is 1.90 bits per heavy atom. The molecule has 1 saturated heterocycles. The molecule has 1 saturated carbocycles. The molecular weight excluding hydrogens is 299 g/mol. The quantitative estimate of drug-likeness (QED) is 0.848. The summed E-state index contributed by atoms with van der Waals surface area (Å²) in [5.74, 6) is -0.343. The summed E-state index contributed by atoms with van der Waals surface area (Å²) in [5.41, 5.74) is 0.464. The van der Waals surface area contributed by atoms with Gasteiger partial charge in [0.1, 0.15) is 5.38 Å². The third-order valence-electron chi connectivity index (χ3n) is 3.97. The zero-order valence-corrected chi connectivity index (χ0v) is 12.2.